The maximum atomic E-state index is 12.1. The van der Waals surface area contributed by atoms with Crippen LogP contribution in [0.4, 0.5) is 11.4 Å². The summed E-state index contributed by atoms with van der Waals surface area (Å²) in [5, 5.41) is 12.1. The number of hydrogen-bond acceptors (Lipinski definition) is 5. The number of rotatable bonds is 6. The van der Waals surface area contributed by atoms with Crippen molar-refractivity contribution in [2.45, 2.75) is 38.2 Å². The van der Waals surface area contributed by atoms with Gasteiger partial charge in [0.2, 0.25) is 0 Å². The molecule has 3 rings (SSSR count). The molecule has 0 amide bonds. The fourth-order valence-corrected chi connectivity index (χ4v) is 3.32. The zero-order chi connectivity index (χ0) is 23.3. The van der Waals surface area contributed by atoms with Gasteiger partial charge in [-0.25, -0.2) is 4.79 Å². The molecule has 0 heterocycles. The van der Waals surface area contributed by atoms with Crippen LogP contribution in [0.15, 0.2) is 54.1 Å². The Bertz CT molecular complexity index is 933. The Morgan fingerprint density at radius 1 is 1.00 bits per heavy atom. The monoisotopic (exact) mass is 455 g/mol. The molecule has 0 aromatic heterocycles. The number of nitrogens with one attached hydrogen (secondary N) is 1. The number of carbonyl (C=O) groups is 1. The molecule has 170 valence electrons. The molecule has 1 aliphatic carbocycles. The molecule has 0 spiro atoms. The van der Waals surface area contributed by atoms with Crippen LogP contribution in [0.2, 0.25) is 0 Å². The van der Waals surface area contributed by atoms with Gasteiger partial charge in [0.1, 0.15) is 33.9 Å². The minimum atomic E-state index is -0.648. The highest BCUT2D eigenvalue weighted by atomic mass is 32.1. The maximum Gasteiger partial charge on any atom is 0.347 e. The summed E-state index contributed by atoms with van der Waals surface area (Å²) >= 11 is 5.16. The van der Waals surface area contributed by atoms with Gasteiger partial charge in [0.05, 0.1) is 14.2 Å². The Kier molecular flexibility index (Phi) is 10.4. The van der Waals surface area contributed by atoms with E-state index in [1.807, 2.05) is 30.1 Å². The molecule has 2 aromatic carbocycles. The van der Waals surface area contributed by atoms with Crippen LogP contribution >= 0.6 is 12.2 Å². The summed E-state index contributed by atoms with van der Waals surface area (Å²) in [6.45, 7) is 0. The number of methoxy groups -OCH3 is 2. The first-order valence-electron chi connectivity index (χ1n) is 10.4. The van der Waals surface area contributed by atoms with Crippen molar-refractivity contribution >= 4 is 40.4 Å². The van der Waals surface area contributed by atoms with Crippen molar-refractivity contribution in [2.24, 2.45) is 0 Å². The lowest BCUT2D eigenvalue weighted by atomic mass is 9.98. The van der Waals surface area contributed by atoms with E-state index in [1.165, 1.54) is 6.42 Å². The number of thiocarbonyl (C=S) groups is 1. The second-order valence-electron chi connectivity index (χ2n) is 7.18. The molecule has 0 bridgehead atoms. The zero-order valence-corrected chi connectivity index (χ0v) is 19.2. The summed E-state index contributed by atoms with van der Waals surface area (Å²) in [6, 6.07) is 14.6. The number of anilines is 1. The van der Waals surface area contributed by atoms with Crippen molar-refractivity contribution in [3.05, 3.63) is 59.5 Å². The lowest BCUT2D eigenvalue weighted by Gasteiger charge is -2.22. The van der Waals surface area contributed by atoms with E-state index >= 15 is 0 Å². The van der Waals surface area contributed by atoms with E-state index in [-0.39, 0.29) is 16.7 Å². The smallest absolute Gasteiger partial charge is 0.347 e. The van der Waals surface area contributed by atoms with Gasteiger partial charge in [0.25, 0.3) is 0 Å². The topological polar surface area (TPSA) is 107 Å². The van der Waals surface area contributed by atoms with E-state index in [4.69, 9.17) is 26.4 Å². The van der Waals surface area contributed by atoms with Crippen LogP contribution in [0.5, 0.6) is 11.5 Å². The van der Waals surface area contributed by atoms with Gasteiger partial charge in [-0.1, -0.05) is 18.6 Å². The highest BCUT2D eigenvalue weighted by Gasteiger charge is 2.21. The first kappa shape index (κ1) is 25.1. The van der Waals surface area contributed by atoms with Crippen LogP contribution < -0.4 is 20.5 Å². The quantitative estimate of drug-likeness (QED) is 0.295. The molecule has 1 fully saturated rings. The van der Waals surface area contributed by atoms with Crippen LogP contribution in [0.1, 0.15) is 32.1 Å². The summed E-state index contributed by atoms with van der Waals surface area (Å²) in [5.74, 6) is 2.79. The highest BCUT2D eigenvalue weighted by molar-refractivity contribution is 7.81. The van der Waals surface area contributed by atoms with Gasteiger partial charge < -0.3 is 30.7 Å². The van der Waals surface area contributed by atoms with Gasteiger partial charge >= 0.3 is 5.97 Å². The largest absolute Gasteiger partial charge is 0.762 e. The Labute approximate surface area is 194 Å². The molecule has 0 radical (unpaired) electrons. The van der Waals surface area contributed by atoms with E-state index in [1.54, 1.807) is 38.5 Å². The van der Waals surface area contributed by atoms with Crippen LogP contribution in [-0.4, -0.2) is 37.2 Å². The van der Waals surface area contributed by atoms with E-state index < -0.39 is 5.97 Å². The third kappa shape index (κ3) is 8.15. The molecule has 7 nitrogen and oxygen atoms in total. The molecule has 0 aliphatic heterocycles. The Morgan fingerprint density at radius 2 is 1.53 bits per heavy atom. The van der Waals surface area contributed by atoms with Crippen molar-refractivity contribution in [3.63, 3.8) is 0 Å². The summed E-state index contributed by atoms with van der Waals surface area (Å²) in [5.41, 5.74) is 5.26. The van der Waals surface area contributed by atoms with Gasteiger partial charge in [-0.3, -0.25) is 5.87 Å². The summed E-state index contributed by atoms with van der Waals surface area (Å²) < 4.78 is 15.4. The lowest BCUT2D eigenvalue weighted by Crippen LogP contribution is -2.39. The van der Waals surface area contributed by atoms with Crippen LogP contribution in [-0.2, 0) is 9.53 Å². The predicted molar refractivity (Wildman–Crippen MR) is 130 cm³/mol. The van der Waals surface area contributed by atoms with E-state index in [0.717, 1.165) is 37.1 Å². The third-order valence-corrected chi connectivity index (χ3v) is 5.18. The second kappa shape index (κ2) is 13.3. The molecule has 0 saturated heterocycles. The molecule has 1 saturated carbocycles. The van der Waals surface area contributed by atoms with E-state index in [2.05, 4.69) is 11.1 Å². The zero-order valence-electron chi connectivity index (χ0n) is 18.4. The summed E-state index contributed by atoms with van der Waals surface area (Å²) in [6.07, 6.45) is 4.86. The highest BCUT2D eigenvalue weighted by Crippen LogP contribution is 2.21. The van der Waals surface area contributed by atoms with Crippen LogP contribution in [0.3, 0.4) is 0 Å². The molecule has 0 unspecified atom stereocenters. The van der Waals surface area contributed by atoms with Gasteiger partial charge in [0.15, 0.2) is 0 Å². The first-order chi connectivity index (χ1) is 15.5. The molecule has 1 aliphatic rings. The fourth-order valence-electron chi connectivity index (χ4n) is 3.08. The fraction of sp³-hybridized carbons (Fsp3) is 0.333. The number of ether oxygens (including phenoxy) is 3. The Balaban J connectivity index is 0.000000336. The average Bonchev–Trinajstić information content (AvgIpc) is 2.81. The van der Waals surface area contributed by atoms with Crippen LogP contribution in [0.25, 0.3) is 5.41 Å². The van der Waals surface area contributed by atoms with Crippen molar-refractivity contribution in [1.82, 2.24) is 0 Å². The molecule has 8 heteroatoms. The number of esters is 1. The average molecular weight is 456 g/mol. The van der Waals surface area contributed by atoms with E-state index in [0.29, 0.717) is 11.4 Å². The lowest BCUT2D eigenvalue weighted by molar-refractivity contribution is -0.254. The third-order valence-electron chi connectivity index (χ3n) is 4.88. The number of quaternary nitrogens is 1. The number of nitrogens with zero attached hydrogens (tertiary/aromatic N) is 1. The van der Waals surface area contributed by atoms with Gasteiger partial charge in [-0.2, -0.15) is 0 Å². The van der Waals surface area contributed by atoms with Crippen molar-refractivity contribution in [2.75, 3.05) is 19.5 Å². The second-order valence-corrected chi connectivity index (χ2v) is 7.59. The number of hydrogen-bond donors (Lipinski definition) is 2. The predicted octanol–water partition coefficient (Wildman–Crippen LogP) is 4.04. The van der Waals surface area contributed by atoms with Crippen LogP contribution in [0, 0.1) is 0 Å². The normalized spacial score (nSPS) is 13.0. The molecular formula is C24H29N3O4S. The SMILES string of the molecule is COc1ccc(NC(=S)C(=C=[N-])C(=O)OC2CCCCC2)cc1.COc1ccc([NH3+])cc1. The first-order valence-corrected chi connectivity index (χ1v) is 10.8. The molecule has 32 heavy (non-hydrogen) atoms. The van der Waals surface area contributed by atoms with Crippen molar-refractivity contribution in [1.29, 1.82) is 0 Å². The minimum Gasteiger partial charge on any atom is -0.762 e. The summed E-state index contributed by atoms with van der Waals surface area (Å²) in [4.78, 5) is 12.2. The standard InChI is InChI=1S/C17H19N2O3S.C7H9NO/c1-21-13-9-7-12(8-10-13)19-16(23)15(11-18)17(20)22-14-5-3-2-4-6-14;1-9-7-4-2-6(8)3-5-7/h7-10,14H,2-6H2,1H3,(H,19,23);2-5H,8H2,1H3/q-1;/p+1. The van der Waals surface area contributed by atoms with Gasteiger partial charge in [0, 0.05) is 17.8 Å². The molecule has 2 aromatic rings. The van der Waals surface area contributed by atoms with Crippen molar-refractivity contribution < 1.29 is 24.7 Å². The maximum absolute atomic E-state index is 12.1. The Hall–Kier alpha value is -3.19. The molecule has 4 N–H and O–H groups in total. The molecular weight excluding hydrogens is 426 g/mol. The number of carbonyl (C=O) groups excluding carboxylic acids is 1. The molecule has 0 atom stereocenters. The minimum absolute atomic E-state index is 0.0680. The van der Waals surface area contributed by atoms with Gasteiger partial charge in [-0.05, 0) is 62.1 Å². The van der Waals surface area contributed by atoms with Gasteiger partial charge in [-0.15, -0.1) is 0 Å². The van der Waals surface area contributed by atoms with E-state index in [9.17, 15) is 10.2 Å². The number of benzene rings is 2. The summed E-state index contributed by atoms with van der Waals surface area (Å²) in [7, 11) is 3.23. The Morgan fingerprint density at radius 3 is 2.03 bits per heavy atom. The van der Waals surface area contributed by atoms with Crippen molar-refractivity contribution in [3.8, 4) is 11.5 Å².